The molecule has 1 aliphatic carbocycles. The molecule has 2 rings (SSSR count). The van der Waals surface area contributed by atoms with Crippen LogP contribution < -0.4 is 0 Å². The van der Waals surface area contributed by atoms with E-state index in [0.717, 1.165) is 38.7 Å². The maximum atomic E-state index is 11.2. The fourth-order valence-corrected chi connectivity index (χ4v) is 4.55. The van der Waals surface area contributed by atoms with Gasteiger partial charge in [0, 0.05) is 19.1 Å². The molecule has 4 atom stereocenters. The molecule has 0 aromatic carbocycles. The van der Waals surface area contributed by atoms with Crippen molar-refractivity contribution in [1.82, 2.24) is 0 Å². The van der Waals surface area contributed by atoms with Gasteiger partial charge in [-0.25, -0.2) is 0 Å². The maximum absolute atomic E-state index is 11.2. The van der Waals surface area contributed by atoms with Crippen LogP contribution in [0.2, 0.25) is 18.1 Å². The molecule has 0 aromatic rings. The first-order chi connectivity index (χ1) is 11.6. The Labute approximate surface area is 155 Å². The van der Waals surface area contributed by atoms with E-state index >= 15 is 0 Å². The lowest BCUT2D eigenvalue weighted by atomic mass is 9.90. The number of allylic oxidation sites excluding steroid dienone is 1. The summed E-state index contributed by atoms with van der Waals surface area (Å²) in [5.74, 6) is -0.0386. The second-order valence-electron chi connectivity index (χ2n) is 9.18. The Morgan fingerprint density at radius 1 is 1.24 bits per heavy atom. The second-order valence-corrected chi connectivity index (χ2v) is 14.0. The molecule has 0 bridgehead atoms. The van der Waals surface area contributed by atoms with Crippen molar-refractivity contribution in [2.24, 2.45) is 5.92 Å². The van der Waals surface area contributed by atoms with Crippen LogP contribution in [0.25, 0.3) is 0 Å². The lowest BCUT2D eigenvalue weighted by Gasteiger charge is -2.40. The largest absolute Gasteiger partial charge is 0.416 e. The van der Waals surface area contributed by atoms with E-state index in [1.165, 1.54) is 0 Å². The molecule has 0 amide bonds. The molecule has 2 fully saturated rings. The smallest absolute Gasteiger partial charge is 0.191 e. The highest BCUT2D eigenvalue weighted by Gasteiger charge is 2.49. The monoisotopic (exact) mass is 370 g/mol. The van der Waals surface area contributed by atoms with Gasteiger partial charge in [-0.3, -0.25) is 0 Å². The van der Waals surface area contributed by atoms with Gasteiger partial charge in [0.15, 0.2) is 14.6 Å². The quantitative estimate of drug-likeness (QED) is 0.547. The minimum Gasteiger partial charge on any atom is -0.416 e. The molecule has 2 aliphatic rings. The summed E-state index contributed by atoms with van der Waals surface area (Å²) >= 11 is 0. The Morgan fingerprint density at radius 3 is 2.52 bits per heavy atom. The fraction of sp³-hybridized carbons (Fsp3) is 0.900. The molecular weight excluding hydrogens is 332 g/mol. The summed E-state index contributed by atoms with van der Waals surface area (Å²) in [4.78, 5) is 0. The zero-order chi connectivity index (χ0) is 18.7. The van der Waals surface area contributed by atoms with Crippen LogP contribution in [-0.2, 0) is 13.9 Å². The Bertz CT molecular complexity index is 451. The Morgan fingerprint density at radius 2 is 1.96 bits per heavy atom. The molecule has 0 aromatic heterocycles. The zero-order valence-corrected chi connectivity index (χ0v) is 18.0. The van der Waals surface area contributed by atoms with Crippen molar-refractivity contribution in [2.45, 2.75) is 95.9 Å². The number of hydrogen-bond acceptors (Lipinski definition) is 4. The molecule has 5 heteroatoms. The highest BCUT2D eigenvalue weighted by Crippen LogP contribution is 2.43. The van der Waals surface area contributed by atoms with E-state index in [4.69, 9.17) is 13.9 Å². The number of rotatable bonds is 6. The first-order valence-corrected chi connectivity index (χ1v) is 12.8. The standard InChI is InChI=1S/C20H38O4Si/c1-7-12-20(21)13-11-17(24-18-10-8-9-14-22-18)16(20)15-23-25(5,6)19(2,3)4/h7,12,16-18,21H,8-11,13-15H2,1-6H3/b12-7+. The topological polar surface area (TPSA) is 47.9 Å². The number of ether oxygens (including phenoxy) is 2. The normalized spacial score (nSPS) is 34.8. The van der Waals surface area contributed by atoms with Crippen LogP contribution in [0, 0.1) is 5.92 Å². The SMILES string of the molecule is C/C=C/C1(O)CCC(OC2CCCCO2)C1CO[Si](C)(C)C(C)(C)C. The van der Waals surface area contributed by atoms with Crippen LogP contribution in [0.4, 0.5) is 0 Å². The molecule has 0 radical (unpaired) electrons. The lowest BCUT2D eigenvalue weighted by molar-refractivity contribution is -0.201. The lowest BCUT2D eigenvalue weighted by Crippen LogP contribution is -2.47. The Hall–Kier alpha value is -0.203. The summed E-state index contributed by atoms with van der Waals surface area (Å²) in [6, 6.07) is 0. The van der Waals surface area contributed by atoms with Crippen molar-refractivity contribution in [1.29, 1.82) is 0 Å². The Kier molecular flexibility index (Phi) is 6.93. The number of hydrogen-bond donors (Lipinski definition) is 1. The van der Waals surface area contributed by atoms with Crippen molar-refractivity contribution in [2.75, 3.05) is 13.2 Å². The first-order valence-electron chi connectivity index (χ1n) is 9.86. The van der Waals surface area contributed by atoms with Crippen LogP contribution in [0.3, 0.4) is 0 Å². The highest BCUT2D eigenvalue weighted by atomic mass is 28.4. The molecule has 1 saturated carbocycles. The van der Waals surface area contributed by atoms with Crippen LogP contribution >= 0.6 is 0 Å². The average Bonchev–Trinajstić information content (AvgIpc) is 2.82. The van der Waals surface area contributed by atoms with Gasteiger partial charge in [-0.2, -0.15) is 0 Å². The van der Waals surface area contributed by atoms with Gasteiger partial charge in [0.05, 0.1) is 11.7 Å². The van der Waals surface area contributed by atoms with Gasteiger partial charge in [0.2, 0.25) is 0 Å². The van der Waals surface area contributed by atoms with Gasteiger partial charge in [-0.1, -0.05) is 32.9 Å². The van der Waals surface area contributed by atoms with Gasteiger partial charge in [-0.15, -0.1) is 0 Å². The van der Waals surface area contributed by atoms with Crippen LogP contribution in [0.15, 0.2) is 12.2 Å². The summed E-state index contributed by atoms with van der Waals surface area (Å²) in [5, 5.41) is 11.3. The predicted molar refractivity (Wildman–Crippen MR) is 104 cm³/mol. The summed E-state index contributed by atoms with van der Waals surface area (Å²) < 4.78 is 18.5. The van der Waals surface area contributed by atoms with E-state index in [1.54, 1.807) is 0 Å². The molecule has 4 unspecified atom stereocenters. The summed E-state index contributed by atoms with van der Waals surface area (Å²) in [6.07, 6.45) is 8.54. The highest BCUT2D eigenvalue weighted by molar-refractivity contribution is 6.74. The van der Waals surface area contributed by atoms with Crippen molar-refractivity contribution < 1.29 is 19.0 Å². The van der Waals surface area contributed by atoms with Crippen molar-refractivity contribution in [3.8, 4) is 0 Å². The van der Waals surface area contributed by atoms with Crippen LogP contribution in [-0.4, -0.2) is 44.6 Å². The fourth-order valence-electron chi connectivity index (χ4n) is 3.52. The third-order valence-electron chi connectivity index (χ3n) is 6.27. The molecule has 1 aliphatic heterocycles. The summed E-state index contributed by atoms with van der Waals surface area (Å²) in [7, 11) is -1.86. The van der Waals surface area contributed by atoms with Gasteiger partial charge in [0.1, 0.15) is 0 Å². The van der Waals surface area contributed by atoms with E-state index in [0.29, 0.717) is 6.61 Å². The molecule has 0 spiro atoms. The third-order valence-corrected chi connectivity index (χ3v) is 10.8. The van der Waals surface area contributed by atoms with Crippen LogP contribution in [0.5, 0.6) is 0 Å². The molecule has 1 saturated heterocycles. The average molecular weight is 371 g/mol. The molecule has 1 N–H and O–H groups in total. The van der Waals surface area contributed by atoms with E-state index in [1.807, 2.05) is 19.1 Å². The van der Waals surface area contributed by atoms with Crippen LogP contribution in [0.1, 0.15) is 59.8 Å². The van der Waals surface area contributed by atoms with Crippen molar-refractivity contribution in [3.05, 3.63) is 12.2 Å². The van der Waals surface area contributed by atoms with Gasteiger partial charge in [0.25, 0.3) is 0 Å². The van der Waals surface area contributed by atoms with E-state index in [-0.39, 0.29) is 23.4 Å². The molecule has 1 heterocycles. The van der Waals surface area contributed by atoms with Crippen molar-refractivity contribution >= 4 is 8.32 Å². The molecular formula is C20H38O4Si. The van der Waals surface area contributed by atoms with E-state index in [2.05, 4.69) is 33.9 Å². The van der Waals surface area contributed by atoms with E-state index in [9.17, 15) is 5.11 Å². The van der Waals surface area contributed by atoms with Gasteiger partial charge < -0.3 is 19.0 Å². The zero-order valence-electron chi connectivity index (χ0n) is 17.0. The number of aliphatic hydroxyl groups is 1. The second kappa shape index (κ2) is 8.22. The molecule has 25 heavy (non-hydrogen) atoms. The van der Waals surface area contributed by atoms with Gasteiger partial charge in [-0.05, 0) is 57.2 Å². The van der Waals surface area contributed by atoms with E-state index < -0.39 is 13.9 Å². The minimum atomic E-state index is -1.86. The summed E-state index contributed by atoms with van der Waals surface area (Å²) in [5.41, 5.74) is -0.837. The molecule has 146 valence electrons. The third kappa shape index (κ3) is 5.16. The maximum Gasteiger partial charge on any atom is 0.191 e. The van der Waals surface area contributed by atoms with Crippen molar-refractivity contribution in [3.63, 3.8) is 0 Å². The Balaban J connectivity index is 2.08. The summed E-state index contributed by atoms with van der Waals surface area (Å²) in [6.45, 7) is 14.5. The minimum absolute atomic E-state index is 0.00549. The predicted octanol–water partition coefficient (Wildman–Crippen LogP) is 4.64. The first kappa shape index (κ1) is 21.1. The molecule has 4 nitrogen and oxygen atoms in total. The van der Waals surface area contributed by atoms with Gasteiger partial charge >= 0.3 is 0 Å².